The van der Waals surface area contributed by atoms with E-state index in [-0.39, 0.29) is 12.2 Å². The molecular formula is C30H35N3O5S. The summed E-state index contributed by atoms with van der Waals surface area (Å²) in [7, 11) is 1.63. The van der Waals surface area contributed by atoms with Crippen molar-refractivity contribution in [3.05, 3.63) is 84.5 Å². The zero-order valence-electron chi connectivity index (χ0n) is 23.3. The van der Waals surface area contributed by atoms with Crippen LogP contribution in [0, 0.1) is 0 Å². The molecule has 1 aliphatic heterocycles. The van der Waals surface area contributed by atoms with Crippen molar-refractivity contribution >= 4 is 29.1 Å². The zero-order valence-corrected chi connectivity index (χ0v) is 24.1. The summed E-state index contributed by atoms with van der Waals surface area (Å²) in [6.45, 7) is 12.2. The van der Waals surface area contributed by atoms with Crippen LogP contribution in [-0.4, -0.2) is 43.9 Å². The van der Waals surface area contributed by atoms with Crippen molar-refractivity contribution in [2.45, 2.75) is 40.7 Å². The SMILES string of the molecule is CCOC(=O)C1=C(C)N=c2s/c(=C\c3ccc(N(CC)CC)cc3OC)c(=O)n2[C@@H]1c1ccc(OCC)cc1. The normalized spacial score (nSPS) is 15.0. The molecule has 1 atom stereocenters. The topological polar surface area (TPSA) is 82.4 Å². The fourth-order valence-corrected chi connectivity index (χ4v) is 5.80. The van der Waals surface area contributed by atoms with E-state index >= 15 is 0 Å². The highest BCUT2D eigenvalue weighted by Gasteiger charge is 2.33. The van der Waals surface area contributed by atoms with Gasteiger partial charge in [0.25, 0.3) is 5.56 Å². The molecule has 0 spiro atoms. The summed E-state index contributed by atoms with van der Waals surface area (Å²) in [5, 5.41) is 0. The van der Waals surface area contributed by atoms with E-state index in [9.17, 15) is 9.59 Å². The standard InChI is InChI=1S/C30H35N3O5S/c1-7-32(8-2)22-14-11-21(24(18-22)36-6)17-25-28(34)33-27(20-12-15-23(16-13-20)37-9-3)26(29(35)38-10-4)19(5)31-30(33)39-25/h11-18,27H,7-10H2,1-6H3/b25-17-/t27-/m1/s1. The molecular weight excluding hydrogens is 514 g/mol. The Bertz CT molecular complexity index is 1550. The highest BCUT2D eigenvalue weighted by molar-refractivity contribution is 7.07. The lowest BCUT2D eigenvalue weighted by Gasteiger charge is -2.24. The maximum absolute atomic E-state index is 13.9. The lowest BCUT2D eigenvalue weighted by atomic mass is 9.96. The summed E-state index contributed by atoms with van der Waals surface area (Å²) in [6, 6.07) is 12.7. The monoisotopic (exact) mass is 549 g/mol. The lowest BCUT2D eigenvalue weighted by Crippen LogP contribution is -2.39. The Morgan fingerprint density at radius 3 is 2.41 bits per heavy atom. The van der Waals surface area contributed by atoms with Gasteiger partial charge in [0, 0.05) is 30.4 Å². The van der Waals surface area contributed by atoms with Gasteiger partial charge in [-0.25, -0.2) is 9.79 Å². The van der Waals surface area contributed by atoms with Crippen LogP contribution >= 0.6 is 11.3 Å². The highest BCUT2D eigenvalue weighted by Crippen LogP contribution is 2.32. The number of allylic oxidation sites excluding steroid dienone is 1. The number of aromatic nitrogens is 1. The fraction of sp³-hybridized carbons (Fsp3) is 0.367. The van der Waals surface area contributed by atoms with Crippen molar-refractivity contribution in [3.63, 3.8) is 0 Å². The minimum Gasteiger partial charge on any atom is -0.496 e. The van der Waals surface area contributed by atoms with Gasteiger partial charge in [0.05, 0.1) is 42.2 Å². The maximum Gasteiger partial charge on any atom is 0.338 e. The zero-order chi connectivity index (χ0) is 28.1. The third kappa shape index (κ3) is 5.63. The molecule has 1 aromatic heterocycles. The average Bonchev–Trinajstić information content (AvgIpc) is 3.24. The van der Waals surface area contributed by atoms with Gasteiger partial charge in [-0.15, -0.1) is 0 Å². The first kappa shape index (κ1) is 28.2. The second-order valence-corrected chi connectivity index (χ2v) is 9.91. The molecule has 4 rings (SSSR count). The molecule has 39 heavy (non-hydrogen) atoms. The van der Waals surface area contributed by atoms with Crippen molar-refractivity contribution in [2.24, 2.45) is 4.99 Å². The number of ether oxygens (including phenoxy) is 3. The van der Waals surface area contributed by atoms with Crippen LogP contribution in [0.3, 0.4) is 0 Å². The minimum atomic E-state index is -0.676. The third-order valence-electron chi connectivity index (χ3n) is 6.66. The number of methoxy groups -OCH3 is 1. The highest BCUT2D eigenvalue weighted by atomic mass is 32.1. The van der Waals surface area contributed by atoms with Gasteiger partial charge in [-0.1, -0.05) is 23.5 Å². The second kappa shape index (κ2) is 12.3. The van der Waals surface area contributed by atoms with Crippen molar-refractivity contribution < 1.29 is 19.0 Å². The van der Waals surface area contributed by atoms with E-state index in [1.54, 1.807) is 25.5 Å². The van der Waals surface area contributed by atoms with Crippen LogP contribution in [0.25, 0.3) is 6.08 Å². The van der Waals surface area contributed by atoms with Crippen LogP contribution in [0.1, 0.15) is 51.8 Å². The first-order chi connectivity index (χ1) is 18.9. The molecule has 0 fully saturated rings. The summed E-state index contributed by atoms with van der Waals surface area (Å²) in [5.41, 5.74) is 3.26. The molecule has 9 heteroatoms. The number of rotatable bonds is 10. The second-order valence-electron chi connectivity index (χ2n) is 8.90. The van der Waals surface area contributed by atoms with Crippen LogP contribution in [0.5, 0.6) is 11.5 Å². The number of hydrogen-bond donors (Lipinski definition) is 0. The number of benzene rings is 2. The van der Waals surface area contributed by atoms with Crippen molar-refractivity contribution in [1.29, 1.82) is 0 Å². The summed E-state index contributed by atoms with van der Waals surface area (Å²) in [4.78, 5) is 34.4. The molecule has 1 aliphatic rings. The van der Waals surface area contributed by atoms with E-state index < -0.39 is 12.0 Å². The number of carbonyl (C=O) groups is 1. The van der Waals surface area contributed by atoms with Gasteiger partial charge in [-0.2, -0.15) is 0 Å². The van der Waals surface area contributed by atoms with Gasteiger partial charge in [0.2, 0.25) is 0 Å². The van der Waals surface area contributed by atoms with E-state index in [1.165, 1.54) is 11.3 Å². The van der Waals surface area contributed by atoms with Crippen molar-refractivity contribution in [3.8, 4) is 11.5 Å². The number of esters is 1. The van der Waals surface area contributed by atoms with Gasteiger partial charge in [-0.3, -0.25) is 9.36 Å². The summed E-state index contributed by atoms with van der Waals surface area (Å²) in [6.07, 6.45) is 1.83. The molecule has 2 aromatic carbocycles. The molecule has 0 amide bonds. The van der Waals surface area contributed by atoms with Crippen LogP contribution in [0.15, 0.2) is 63.5 Å². The summed E-state index contributed by atoms with van der Waals surface area (Å²) in [5.74, 6) is 0.907. The molecule has 0 bridgehead atoms. The summed E-state index contributed by atoms with van der Waals surface area (Å²) >= 11 is 1.29. The molecule has 0 aliphatic carbocycles. The van der Waals surface area contributed by atoms with Crippen molar-refractivity contribution in [1.82, 2.24) is 4.57 Å². The predicted molar refractivity (Wildman–Crippen MR) is 155 cm³/mol. The molecule has 0 radical (unpaired) electrons. The van der Waals surface area contributed by atoms with E-state index in [0.29, 0.717) is 38.7 Å². The number of hydrogen-bond acceptors (Lipinski definition) is 8. The maximum atomic E-state index is 13.9. The van der Waals surface area contributed by atoms with Gasteiger partial charge in [0.15, 0.2) is 4.80 Å². The molecule has 2 heterocycles. The number of anilines is 1. The molecule has 8 nitrogen and oxygen atoms in total. The van der Waals surface area contributed by atoms with Crippen LogP contribution in [-0.2, 0) is 9.53 Å². The van der Waals surface area contributed by atoms with E-state index in [4.69, 9.17) is 14.2 Å². The lowest BCUT2D eigenvalue weighted by molar-refractivity contribution is -0.139. The van der Waals surface area contributed by atoms with Gasteiger partial charge >= 0.3 is 5.97 Å². The van der Waals surface area contributed by atoms with Crippen LogP contribution in [0.4, 0.5) is 5.69 Å². The van der Waals surface area contributed by atoms with E-state index in [0.717, 1.165) is 29.9 Å². The predicted octanol–water partition coefficient (Wildman–Crippen LogP) is 4.05. The molecule has 206 valence electrons. The largest absolute Gasteiger partial charge is 0.496 e. The molecule has 0 N–H and O–H groups in total. The number of thiazole rings is 1. The first-order valence-corrected chi connectivity index (χ1v) is 14.0. The molecule has 0 saturated heterocycles. The Morgan fingerprint density at radius 1 is 1.08 bits per heavy atom. The van der Waals surface area contributed by atoms with E-state index in [1.807, 2.05) is 55.5 Å². The molecule has 0 saturated carbocycles. The smallest absolute Gasteiger partial charge is 0.338 e. The Morgan fingerprint density at radius 2 is 1.79 bits per heavy atom. The Hall–Kier alpha value is -3.85. The van der Waals surface area contributed by atoms with Crippen molar-refractivity contribution in [2.75, 3.05) is 38.3 Å². The average molecular weight is 550 g/mol. The first-order valence-electron chi connectivity index (χ1n) is 13.2. The number of fused-ring (bicyclic) bond motifs is 1. The Kier molecular flexibility index (Phi) is 8.91. The van der Waals surface area contributed by atoms with Crippen LogP contribution in [0.2, 0.25) is 0 Å². The van der Waals surface area contributed by atoms with Crippen LogP contribution < -0.4 is 29.3 Å². The van der Waals surface area contributed by atoms with Gasteiger partial charge < -0.3 is 19.1 Å². The number of carbonyl (C=O) groups excluding carboxylic acids is 1. The van der Waals surface area contributed by atoms with E-state index in [2.05, 4.69) is 23.7 Å². The quantitative estimate of drug-likeness (QED) is 0.355. The van der Waals surface area contributed by atoms with Gasteiger partial charge in [-0.05, 0) is 70.5 Å². The van der Waals surface area contributed by atoms with Gasteiger partial charge in [0.1, 0.15) is 11.5 Å². The summed E-state index contributed by atoms with van der Waals surface area (Å²) < 4.78 is 18.7. The fourth-order valence-electron chi connectivity index (χ4n) is 4.77. The molecule has 3 aromatic rings. The third-order valence-corrected chi connectivity index (χ3v) is 7.64. The molecule has 0 unspecified atom stereocenters. The number of nitrogens with zero attached hydrogens (tertiary/aromatic N) is 3. The minimum absolute atomic E-state index is 0.222. The Balaban J connectivity index is 1.88. The Labute approximate surface area is 232 Å².